The molecule has 8 nitrogen and oxygen atoms in total. The summed E-state index contributed by atoms with van der Waals surface area (Å²) in [6, 6.07) is 16.6. The number of benzene rings is 2. The van der Waals surface area contributed by atoms with Gasteiger partial charge in [0.05, 0.1) is 29.2 Å². The molecule has 1 aliphatic heterocycles. The van der Waals surface area contributed by atoms with E-state index in [0.717, 1.165) is 8.95 Å². The zero-order valence-corrected chi connectivity index (χ0v) is 23.8. The molecule has 11 heteroatoms. The molecule has 37 heavy (non-hydrogen) atoms. The first-order chi connectivity index (χ1) is 17.6. The predicted molar refractivity (Wildman–Crippen MR) is 146 cm³/mol. The van der Waals surface area contributed by atoms with Gasteiger partial charge in [0, 0.05) is 20.3 Å². The minimum absolute atomic E-state index is 0.0971. The molecule has 1 amide bonds. The Morgan fingerprint density at radius 3 is 2.27 bits per heavy atom. The average Bonchev–Trinajstić information content (AvgIpc) is 3.41. The normalized spacial score (nSPS) is 15.1. The molecule has 2 aromatic carbocycles. The van der Waals surface area contributed by atoms with Crippen LogP contribution in [0, 0.1) is 0 Å². The van der Waals surface area contributed by atoms with Gasteiger partial charge < -0.3 is 9.15 Å². The van der Waals surface area contributed by atoms with Gasteiger partial charge in [-0.1, -0.05) is 31.9 Å². The number of nitrogens with one attached hydrogen (secondary N) is 1. The lowest BCUT2D eigenvalue weighted by Crippen LogP contribution is -2.24. The van der Waals surface area contributed by atoms with Crippen LogP contribution in [0.1, 0.15) is 25.4 Å². The zero-order valence-electron chi connectivity index (χ0n) is 19.8. The van der Waals surface area contributed by atoms with Crippen LogP contribution in [0.5, 0.6) is 0 Å². The van der Waals surface area contributed by atoms with Crippen molar-refractivity contribution in [1.29, 1.82) is 0 Å². The second-order valence-corrected chi connectivity index (χ2v) is 11.5. The van der Waals surface area contributed by atoms with Gasteiger partial charge in [0.1, 0.15) is 11.5 Å². The van der Waals surface area contributed by atoms with Crippen molar-refractivity contribution in [3.8, 4) is 0 Å². The maximum absolute atomic E-state index is 13.4. The number of amides is 1. The van der Waals surface area contributed by atoms with Crippen molar-refractivity contribution in [1.82, 2.24) is 4.72 Å². The molecule has 0 unspecified atom stereocenters. The maximum atomic E-state index is 13.4. The van der Waals surface area contributed by atoms with Crippen LogP contribution in [-0.2, 0) is 30.9 Å². The van der Waals surface area contributed by atoms with Crippen molar-refractivity contribution in [3.63, 3.8) is 0 Å². The van der Waals surface area contributed by atoms with E-state index in [1.54, 1.807) is 62.4 Å². The van der Waals surface area contributed by atoms with Crippen LogP contribution in [0.2, 0.25) is 0 Å². The fraction of sp³-hybridized carbons (Fsp3) is 0.154. The van der Waals surface area contributed by atoms with E-state index in [-0.39, 0.29) is 35.0 Å². The molecule has 0 saturated carbocycles. The number of furan rings is 1. The molecular weight excluding hydrogens is 628 g/mol. The molecule has 4 rings (SSSR count). The number of halogens is 2. The number of carbonyl (C=O) groups is 2. The first-order valence-electron chi connectivity index (χ1n) is 11.1. The van der Waals surface area contributed by atoms with Gasteiger partial charge in [0.2, 0.25) is 10.0 Å². The molecule has 0 saturated heterocycles. The number of allylic oxidation sites excluding steroid dienone is 1. The Balaban J connectivity index is 1.60. The highest BCUT2D eigenvalue weighted by atomic mass is 79.9. The van der Waals surface area contributed by atoms with Crippen LogP contribution in [0.4, 0.5) is 5.69 Å². The van der Waals surface area contributed by atoms with Crippen molar-refractivity contribution >= 4 is 65.5 Å². The van der Waals surface area contributed by atoms with Crippen molar-refractivity contribution in [2.75, 3.05) is 11.5 Å². The van der Waals surface area contributed by atoms with Gasteiger partial charge in [-0.3, -0.25) is 9.69 Å². The number of hydrogen-bond donors (Lipinski definition) is 1. The van der Waals surface area contributed by atoms with Crippen LogP contribution in [0.15, 0.2) is 95.8 Å². The summed E-state index contributed by atoms with van der Waals surface area (Å²) in [5.74, 6) is -0.403. The van der Waals surface area contributed by atoms with Gasteiger partial charge in [-0.25, -0.2) is 17.9 Å². The summed E-state index contributed by atoms with van der Waals surface area (Å²) >= 11 is 6.66. The van der Waals surface area contributed by atoms with Gasteiger partial charge >= 0.3 is 5.97 Å². The van der Waals surface area contributed by atoms with Gasteiger partial charge in [-0.2, -0.15) is 0 Å². The second-order valence-electron chi connectivity index (χ2n) is 7.94. The zero-order chi connectivity index (χ0) is 26.7. The van der Waals surface area contributed by atoms with E-state index in [1.807, 2.05) is 0 Å². The highest BCUT2D eigenvalue weighted by molar-refractivity contribution is 9.10. The Bertz CT molecular complexity index is 1510. The fourth-order valence-electron chi connectivity index (χ4n) is 3.75. The third kappa shape index (κ3) is 5.96. The molecule has 0 aliphatic carbocycles. The van der Waals surface area contributed by atoms with E-state index in [2.05, 4.69) is 36.6 Å². The van der Waals surface area contributed by atoms with Crippen LogP contribution < -0.4 is 9.62 Å². The van der Waals surface area contributed by atoms with E-state index in [9.17, 15) is 18.0 Å². The molecule has 0 atom stereocenters. The van der Waals surface area contributed by atoms with Crippen LogP contribution in [0.3, 0.4) is 0 Å². The maximum Gasteiger partial charge on any atom is 0.340 e. The van der Waals surface area contributed by atoms with Crippen LogP contribution >= 0.6 is 31.9 Å². The van der Waals surface area contributed by atoms with E-state index in [0.29, 0.717) is 17.1 Å². The number of sulfonamides is 1. The Morgan fingerprint density at radius 2 is 1.65 bits per heavy atom. The molecule has 0 bridgehead atoms. The third-order valence-electron chi connectivity index (χ3n) is 5.49. The second kappa shape index (κ2) is 11.2. The molecule has 0 fully saturated rings. The predicted octanol–water partition coefficient (Wildman–Crippen LogP) is 5.55. The lowest BCUT2D eigenvalue weighted by atomic mass is 10.1. The molecule has 0 spiro atoms. The molecule has 1 N–H and O–H groups in total. The number of carbonyl (C=O) groups excluding carboxylic acids is 2. The Morgan fingerprint density at radius 1 is 1.03 bits per heavy atom. The summed E-state index contributed by atoms with van der Waals surface area (Å²) in [7, 11) is -3.75. The van der Waals surface area contributed by atoms with Crippen molar-refractivity contribution in [3.05, 3.63) is 98.0 Å². The fourth-order valence-corrected chi connectivity index (χ4v) is 5.28. The van der Waals surface area contributed by atoms with Crippen molar-refractivity contribution in [2.24, 2.45) is 0 Å². The number of esters is 1. The summed E-state index contributed by atoms with van der Waals surface area (Å²) in [5.41, 5.74) is 1.29. The lowest BCUT2D eigenvalue weighted by Gasteiger charge is -2.17. The summed E-state index contributed by atoms with van der Waals surface area (Å²) in [5, 5.41) is 0. The highest BCUT2D eigenvalue weighted by Gasteiger charge is 2.38. The molecule has 192 valence electrons. The summed E-state index contributed by atoms with van der Waals surface area (Å²) in [4.78, 5) is 27.8. The van der Waals surface area contributed by atoms with E-state index >= 15 is 0 Å². The molecular formula is C26H22Br2N2O6S. The van der Waals surface area contributed by atoms with Gasteiger partial charge in [0.25, 0.3) is 5.91 Å². The highest BCUT2D eigenvalue weighted by Crippen LogP contribution is 2.36. The summed E-state index contributed by atoms with van der Waals surface area (Å²) < 4.78 is 40.2. The monoisotopic (exact) mass is 648 g/mol. The number of anilines is 1. The largest absolute Gasteiger partial charge is 0.462 e. The Labute approximate surface area is 231 Å². The van der Waals surface area contributed by atoms with E-state index in [4.69, 9.17) is 9.15 Å². The van der Waals surface area contributed by atoms with Crippen molar-refractivity contribution in [2.45, 2.75) is 25.3 Å². The van der Waals surface area contributed by atoms with E-state index in [1.165, 1.54) is 23.1 Å². The minimum atomic E-state index is -3.75. The minimum Gasteiger partial charge on any atom is -0.462 e. The first-order valence-corrected chi connectivity index (χ1v) is 14.2. The van der Waals surface area contributed by atoms with Gasteiger partial charge in [-0.15, -0.1) is 0 Å². The van der Waals surface area contributed by atoms with Crippen LogP contribution in [0.25, 0.3) is 6.08 Å². The molecule has 1 aliphatic rings. The van der Waals surface area contributed by atoms with Crippen LogP contribution in [-0.4, -0.2) is 26.9 Å². The number of ether oxygens (including phenoxy) is 1. The average molecular weight is 650 g/mol. The Kier molecular flexibility index (Phi) is 8.17. The smallest absolute Gasteiger partial charge is 0.340 e. The third-order valence-corrected chi connectivity index (χ3v) is 7.97. The topological polar surface area (TPSA) is 106 Å². The van der Waals surface area contributed by atoms with Gasteiger partial charge in [0.15, 0.2) is 0 Å². The van der Waals surface area contributed by atoms with E-state index < -0.39 is 21.9 Å². The number of rotatable bonds is 8. The molecule has 2 heterocycles. The molecule has 3 aromatic rings. The Hall–Kier alpha value is -2.99. The number of hydrogen-bond acceptors (Lipinski definition) is 6. The standard InChI is InChI=1S/C26H22Br2N2O6S/c1-3-35-26(32)24-16(2)30(19-8-4-17(27)5-9-19)25(31)23(24)14-20-10-11-21(36-20)15-29-37(33,34)22-12-6-18(28)7-13-22/h4-14,29H,3,15H2,1-2H3/b23-14+. The SMILES string of the molecule is CCOC(=O)C1=C(C)N(c2ccc(Br)cc2)C(=O)/C1=C/c1ccc(CNS(=O)(=O)c2ccc(Br)cc2)o1. The molecule has 0 radical (unpaired) electrons. The van der Waals surface area contributed by atoms with Gasteiger partial charge in [-0.05, 0) is 80.6 Å². The number of nitrogens with zero attached hydrogens (tertiary/aromatic N) is 1. The summed E-state index contributed by atoms with van der Waals surface area (Å²) in [6.07, 6.45) is 1.46. The van der Waals surface area contributed by atoms with Crippen molar-refractivity contribution < 1.29 is 27.2 Å². The first kappa shape index (κ1) is 27.1. The molecule has 1 aromatic heterocycles. The summed E-state index contributed by atoms with van der Waals surface area (Å²) in [6.45, 7) is 3.42. The quantitative estimate of drug-likeness (QED) is 0.253. The lowest BCUT2D eigenvalue weighted by molar-refractivity contribution is -0.138.